The van der Waals surface area contributed by atoms with Crippen LogP contribution in [0.1, 0.15) is 27.2 Å². The summed E-state index contributed by atoms with van der Waals surface area (Å²) in [5.74, 6) is -0.795. The van der Waals surface area contributed by atoms with Crippen molar-refractivity contribution in [2.24, 2.45) is 0 Å². The van der Waals surface area contributed by atoms with Gasteiger partial charge in [0.25, 0.3) is 0 Å². The van der Waals surface area contributed by atoms with E-state index in [2.05, 4.69) is 0 Å². The molecule has 0 N–H and O–H groups in total. The van der Waals surface area contributed by atoms with Gasteiger partial charge in [-0.2, -0.15) is 0 Å². The molecule has 118 valence electrons. The monoisotopic (exact) mass is 298 g/mol. The fraction of sp³-hybridized carbons (Fsp3) is 0.600. The van der Waals surface area contributed by atoms with Crippen LogP contribution in [0.4, 0.5) is 0 Å². The van der Waals surface area contributed by atoms with Crippen molar-refractivity contribution in [3.05, 3.63) is 24.3 Å². The third kappa shape index (κ3) is 6.55. The van der Waals surface area contributed by atoms with Crippen LogP contribution >= 0.6 is 0 Å². The van der Waals surface area contributed by atoms with Crippen molar-refractivity contribution in [2.75, 3.05) is 13.2 Å². The maximum atomic E-state index is 11.2. The van der Waals surface area contributed by atoms with Crippen molar-refractivity contribution in [1.82, 2.24) is 0 Å². The summed E-state index contributed by atoms with van der Waals surface area (Å²) in [4.78, 5) is 22.3. The summed E-state index contributed by atoms with van der Waals surface area (Å²) in [6.07, 6.45) is 5.48. The summed E-state index contributed by atoms with van der Waals surface area (Å²) in [6.45, 7) is 5.79. The molecule has 0 spiro atoms. The fourth-order valence-corrected chi connectivity index (χ4v) is 1.86. The van der Waals surface area contributed by atoms with E-state index in [0.717, 1.165) is 0 Å². The van der Waals surface area contributed by atoms with E-state index in [9.17, 15) is 9.59 Å². The molecular formula is C15H22O6. The van der Waals surface area contributed by atoms with Gasteiger partial charge in [-0.3, -0.25) is 4.79 Å². The molecule has 6 nitrogen and oxygen atoms in total. The Morgan fingerprint density at radius 2 is 2.00 bits per heavy atom. The van der Waals surface area contributed by atoms with Crippen LogP contribution in [-0.4, -0.2) is 43.7 Å². The lowest BCUT2D eigenvalue weighted by molar-refractivity contribution is -0.182. The Hall–Kier alpha value is -1.66. The number of rotatable bonds is 7. The Kier molecular flexibility index (Phi) is 7.71. The van der Waals surface area contributed by atoms with Crippen molar-refractivity contribution in [2.45, 2.75) is 45.7 Å². The van der Waals surface area contributed by atoms with E-state index in [1.54, 1.807) is 25.2 Å². The minimum Gasteiger partial charge on any atom is -0.463 e. The van der Waals surface area contributed by atoms with Gasteiger partial charge in [-0.1, -0.05) is 6.08 Å². The van der Waals surface area contributed by atoms with Gasteiger partial charge in [-0.25, -0.2) is 4.79 Å². The van der Waals surface area contributed by atoms with E-state index < -0.39 is 24.5 Å². The van der Waals surface area contributed by atoms with E-state index in [4.69, 9.17) is 18.9 Å². The van der Waals surface area contributed by atoms with Gasteiger partial charge in [0.1, 0.15) is 12.2 Å². The minimum atomic E-state index is -0.494. The van der Waals surface area contributed by atoms with Crippen molar-refractivity contribution in [3.63, 3.8) is 0 Å². The summed E-state index contributed by atoms with van der Waals surface area (Å²) >= 11 is 0. The van der Waals surface area contributed by atoms with Gasteiger partial charge in [0.15, 0.2) is 6.29 Å². The van der Waals surface area contributed by atoms with E-state index >= 15 is 0 Å². The zero-order valence-electron chi connectivity index (χ0n) is 12.6. The Morgan fingerprint density at radius 1 is 1.24 bits per heavy atom. The van der Waals surface area contributed by atoms with Gasteiger partial charge >= 0.3 is 11.9 Å². The second-order valence-corrected chi connectivity index (χ2v) is 4.35. The van der Waals surface area contributed by atoms with Crippen LogP contribution in [0.3, 0.4) is 0 Å². The van der Waals surface area contributed by atoms with Crippen LogP contribution in [0.15, 0.2) is 24.3 Å². The summed E-state index contributed by atoms with van der Waals surface area (Å²) in [7, 11) is 0. The molecule has 0 aromatic heterocycles. The molecule has 0 fully saturated rings. The summed E-state index contributed by atoms with van der Waals surface area (Å²) in [5.41, 5.74) is 0. The number of carbonyl (C=O) groups excluding carboxylic acids is 2. The highest BCUT2D eigenvalue weighted by molar-refractivity contribution is 5.81. The molecule has 21 heavy (non-hydrogen) atoms. The Morgan fingerprint density at radius 3 is 2.62 bits per heavy atom. The molecular weight excluding hydrogens is 276 g/mol. The highest BCUT2D eigenvalue weighted by atomic mass is 16.7. The molecule has 3 atom stereocenters. The summed E-state index contributed by atoms with van der Waals surface area (Å²) in [5, 5.41) is 0. The molecule has 0 aromatic carbocycles. The van der Waals surface area contributed by atoms with Gasteiger partial charge in [-0.15, -0.1) is 0 Å². The smallest absolute Gasteiger partial charge is 0.330 e. The first-order valence-electron chi connectivity index (χ1n) is 7.02. The molecule has 0 bridgehead atoms. The van der Waals surface area contributed by atoms with Crippen LogP contribution < -0.4 is 0 Å². The van der Waals surface area contributed by atoms with Crippen LogP contribution in [0.5, 0.6) is 0 Å². The first-order valence-corrected chi connectivity index (χ1v) is 7.02. The standard InChI is InChI=1S/C15H22O6/c1-4-18-14(17)8-6-7-12-13(20-11(3)16)9-10-15(21-12)19-5-2/h6,8-10,12-13,15H,4-5,7H2,1-3H3/b8-6-/t12-,13+,15+/m1/s1. The molecule has 0 saturated heterocycles. The summed E-state index contributed by atoms with van der Waals surface area (Å²) in [6, 6.07) is 0. The van der Waals surface area contributed by atoms with E-state index in [-0.39, 0.29) is 5.97 Å². The molecule has 0 saturated carbocycles. The van der Waals surface area contributed by atoms with Crippen LogP contribution in [0.2, 0.25) is 0 Å². The van der Waals surface area contributed by atoms with E-state index in [0.29, 0.717) is 19.6 Å². The lowest BCUT2D eigenvalue weighted by atomic mass is 10.1. The third-order valence-corrected chi connectivity index (χ3v) is 2.68. The predicted molar refractivity (Wildman–Crippen MR) is 75.4 cm³/mol. The zero-order chi connectivity index (χ0) is 15.7. The second kappa shape index (κ2) is 9.31. The molecule has 1 rings (SSSR count). The molecule has 6 heteroatoms. The van der Waals surface area contributed by atoms with Gasteiger partial charge < -0.3 is 18.9 Å². The average Bonchev–Trinajstić information content (AvgIpc) is 2.41. The van der Waals surface area contributed by atoms with Gasteiger partial charge in [-0.05, 0) is 32.4 Å². The molecule has 0 aromatic rings. The van der Waals surface area contributed by atoms with Crippen molar-refractivity contribution in [1.29, 1.82) is 0 Å². The maximum absolute atomic E-state index is 11.2. The lowest BCUT2D eigenvalue weighted by Crippen LogP contribution is -2.38. The number of ether oxygens (including phenoxy) is 4. The zero-order valence-corrected chi connectivity index (χ0v) is 12.6. The highest BCUT2D eigenvalue weighted by Gasteiger charge is 2.28. The molecule has 0 radical (unpaired) electrons. The predicted octanol–water partition coefficient (Wildman–Crippen LogP) is 1.75. The molecule has 0 amide bonds. The van der Waals surface area contributed by atoms with Crippen molar-refractivity contribution < 1.29 is 28.5 Å². The number of carbonyl (C=O) groups is 2. The maximum Gasteiger partial charge on any atom is 0.330 e. The van der Waals surface area contributed by atoms with Crippen LogP contribution in [0.25, 0.3) is 0 Å². The van der Waals surface area contributed by atoms with Gasteiger partial charge in [0.2, 0.25) is 0 Å². The molecule has 1 aliphatic heterocycles. The van der Waals surface area contributed by atoms with Crippen molar-refractivity contribution >= 4 is 11.9 Å². The third-order valence-electron chi connectivity index (χ3n) is 2.68. The highest BCUT2D eigenvalue weighted by Crippen LogP contribution is 2.20. The Bertz CT molecular complexity index is 401. The van der Waals surface area contributed by atoms with E-state index in [1.807, 2.05) is 6.92 Å². The van der Waals surface area contributed by atoms with Crippen LogP contribution in [-0.2, 0) is 28.5 Å². The second-order valence-electron chi connectivity index (χ2n) is 4.35. The van der Waals surface area contributed by atoms with E-state index in [1.165, 1.54) is 13.0 Å². The number of hydrogen-bond acceptors (Lipinski definition) is 6. The topological polar surface area (TPSA) is 71.1 Å². The largest absolute Gasteiger partial charge is 0.463 e. The molecule has 1 heterocycles. The molecule has 0 unspecified atom stereocenters. The Labute approximate surface area is 124 Å². The normalized spacial score (nSPS) is 25.0. The average molecular weight is 298 g/mol. The van der Waals surface area contributed by atoms with Gasteiger partial charge in [0.05, 0.1) is 6.61 Å². The number of esters is 2. The van der Waals surface area contributed by atoms with Gasteiger partial charge in [0, 0.05) is 19.6 Å². The fourth-order valence-electron chi connectivity index (χ4n) is 1.86. The first kappa shape index (κ1) is 17.4. The van der Waals surface area contributed by atoms with Crippen molar-refractivity contribution in [3.8, 4) is 0 Å². The molecule has 0 aliphatic carbocycles. The minimum absolute atomic E-state index is 0.328. The summed E-state index contributed by atoms with van der Waals surface area (Å²) < 4.78 is 21.0. The first-order chi connectivity index (χ1) is 10.1. The van der Waals surface area contributed by atoms with Crippen LogP contribution in [0, 0.1) is 0 Å². The Balaban J connectivity index is 2.62. The molecule has 1 aliphatic rings. The lowest BCUT2D eigenvalue weighted by Gasteiger charge is -2.31. The quantitative estimate of drug-likeness (QED) is 0.405. The number of hydrogen-bond donors (Lipinski definition) is 0. The SMILES string of the molecule is CCOC(=O)/C=C\C[C@H]1O[C@H](OCC)C=C[C@@H]1OC(C)=O.